The van der Waals surface area contributed by atoms with Crippen LogP contribution in [0.15, 0.2) is 23.1 Å². The third-order valence-electron chi connectivity index (χ3n) is 2.51. The van der Waals surface area contributed by atoms with Crippen molar-refractivity contribution in [3.8, 4) is 0 Å². The Labute approximate surface area is 99.0 Å². The van der Waals surface area contributed by atoms with Gasteiger partial charge >= 0.3 is 5.69 Å². The van der Waals surface area contributed by atoms with Crippen LogP contribution in [0, 0.1) is 0 Å². The lowest BCUT2D eigenvalue weighted by Crippen LogP contribution is -2.32. The lowest BCUT2D eigenvalue weighted by Gasteiger charge is -2.20. The standard InChI is InChI=1S/C12H15N3O2/c1-12(2,3)9-8-6-5-7-13-10(8)15(17-4)11(16)14-9/h5-7H,1-4H3. The Morgan fingerprint density at radius 1 is 1.35 bits per heavy atom. The van der Waals surface area contributed by atoms with E-state index in [9.17, 15) is 4.79 Å². The van der Waals surface area contributed by atoms with E-state index in [0.29, 0.717) is 5.65 Å². The molecule has 0 N–H and O–H groups in total. The summed E-state index contributed by atoms with van der Waals surface area (Å²) in [5.74, 6) is 0. The van der Waals surface area contributed by atoms with E-state index in [-0.39, 0.29) is 5.41 Å². The van der Waals surface area contributed by atoms with Gasteiger partial charge in [0.15, 0.2) is 5.65 Å². The molecule has 90 valence electrons. The maximum atomic E-state index is 11.8. The molecule has 0 spiro atoms. The quantitative estimate of drug-likeness (QED) is 0.741. The Hall–Kier alpha value is -1.91. The molecular formula is C12H15N3O2. The number of pyridine rings is 1. The topological polar surface area (TPSA) is 57.0 Å². The van der Waals surface area contributed by atoms with Gasteiger partial charge in [-0.3, -0.25) is 0 Å². The zero-order valence-corrected chi connectivity index (χ0v) is 10.4. The first-order valence-electron chi connectivity index (χ1n) is 5.38. The van der Waals surface area contributed by atoms with Gasteiger partial charge in [0, 0.05) is 17.0 Å². The molecule has 0 aliphatic rings. The van der Waals surface area contributed by atoms with Crippen LogP contribution in [0.25, 0.3) is 11.0 Å². The Bertz CT molecular complexity index is 611. The van der Waals surface area contributed by atoms with E-state index >= 15 is 0 Å². The summed E-state index contributed by atoms with van der Waals surface area (Å²) in [6.07, 6.45) is 1.63. The van der Waals surface area contributed by atoms with Gasteiger partial charge in [-0.15, -0.1) is 4.73 Å². The van der Waals surface area contributed by atoms with Crippen molar-refractivity contribution in [1.82, 2.24) is 14.7 Å². The Morgan fingerprint density at radius 2 is 2.06 bits per heavy atom. The minimum atomic E-state index is -0.441. The molecule has 2 rings (SSSR count). The third-order valence-corrected chi connectivity index (χ3v) is 2.51. The maximum Gasteiger partial charge on any atom is 0.382 e. The van der Waals surface area contributed by atoms with Crippen LogP contribution in [0.3, 0.4) is 0 Å². The van der Waals surface area contributed by atoms with Crippen molar-refractivity contribution in [1.29, 1.82) is 0 Å². The van der Waals surface area contributed by atoms with Crippen LogP contribution in [0.4, 0.5) is 0 Å². The molecular weight excluding hydrogens is 218 g/mol. The lowest BCUT2D eigenvalue weighted by atomic mass is 9.90. The molecule has 0 aliphatic carbocycles. The van der Waals surface area contributed by atoms with Gasteiger partial charge in [0.05, 0.1) is 5.69 Å². The third kappa shape index (κ3) is 1.88. The Morgan fingerprint density at radius 3 is 2.65 bits per heavy atom. The fourth-order valence-corrected chi connectivity index (χ4v) is 1.77. The molecule has 5 nitrogen and oxygen atoms in total. The van der Waals surface area contributed by atoms with Crippen molar-refractivity contribution < 1.29 is 4.84 Å². The predicted octanol–water partition coefficient (Wildman–Crippen LogP) is 1.15. The molecule has 0 aromatic carbocycles. The van der Waals surface area contributed by atoms with E-state index in [2.05, 4.69) is 9.97 Å². The molecule has 0 atom stereocenters. The smallest absolute Gasteiger partial charge is 0.382 e. The summed E-state index contributed by atoms with van der Waals surface area (Å²) in [7, 11) is 1.42. The molecule has 5 heteroatoms. The fourth-order valence-electron chi connectivity index (χ4n) is 1.77. The first-order chi connectivity index (χ1) is 7.95. The summed E-state index contributed by atoms with van der Waals surface area (Å²) in [6.45, 7) is 6.04. The van der Waals surface area contributed by atoms with Crippen LogP contribution in [0.2, 0.25) is 0 Å². The van der Waals surface area contributed by atoms with Gasteiger partial charge in [-0.1, -0.05) is 20.8 Å². The summed E-state index contributed by atoms with van der Waals surface area (Å²) in [5, 5.41) is 0.835. The zero-order chi connectivity index (χ0) is 12.6. The van der Waals surface area contributed by atoms with Gasteiger partial charge in [0.2, 0.25) is 0 Å². The summed E-state index contributed by atoms with van der Waals surface area (Å²) < 4.78 is 1.10. The minimum absolute atomic E-state index is 0.215. The molecule has 17 heavy (non-hydrogen) atoms. The average Bonchev–Trinajstić information content (AvgIpc) is 2.27. The summed E-state index contributed by atoms with van der Waals surface area (Å²) in [5.41, 5.74) is 0.579. The highest BCUT2D eigenvalue weighted by atomic mass is 16.7. The summed E-state index contributed by atoms with van der Waals surface area (Å²) in [6, 6.07) is 3.72. The highest BCUT2D eigenvalue weighted by Crippen LogP contribution is 2.25. The van der Waals surface area contributed by atoms with Crippen LogP contribution in [0.1, 0.15) is 26.5 Å². The van der Waals surface area contributed by atoms with E-state index in [1.807, 2.05) is 32.9 Å². The average molecular weight is 233 g/mol. The van der Waals surface area contributed by atoms with Crippen LogP contribution < -0.4 is 10.5 Å². The van der Waals surface area contributed by atoms with Crippen LogP contribution >= 0.6 is 0 Å². The number of fused-ring (bicyclic) bond motifs is 1. The van der Waals surface area contributed by atoms with E-state index < -0.39 is 5.69 Å². The predicted molar refractivity (Wildman–Crippen MR) is 65.0 cm³/mol. The minimum Gasteiger partial charge on any atom is -0.411 e. The van der Waals surface area contributed by atoms with Crippen molar-refractivity contribution in [2.45, 2.75) is 26.2 Å². The molecule has 0 saturated heterocycles. The van der Waals surface area contributed by atoms with Crippen molar-refractivity contribution in [3.63, 3.8) is 0 Å². The molecule has 2 heterocycles. The number of hydrogen-bond donors (Lipinski definition) is 0. The second-order valence-corrected chi connectivity index (χ2v) is 4.84. The highest BCUT2D eigenvalue weighted by molar-refractivity contribution is 5.78. The van der Waals surface area contributed by atoms with E-state index in [4.69, 9.17) is 4.84 Å². The van der Waals surface area contributed by atoms with Gasteiger partial charge < -0.3 is 4.84 Å². The van der Waals surface area contributed by atoms with Crippen LogP contribution in [0.5, 0.6) is 0 Å². The SMILES string of the molecule is COn1c(=O)nc(C(C)(C)C)c2cccnc21. The molecule has 0 aliphatic heterocycles. The van der Waals surface area contributed by atoms with Crippen molar-refractivity contribution in [3.05, 3.63) is 34.5 Å². The van der Waals surface area contributed by atoms with Gasteiger partial charge in [-0.25, -0.2) is 9.78 Å². The van der Waals surface area contributed by atoms with Crippen LogP contribution in [-0.4, -0.2) is 21.8 Å². The van der Waals surface area contributed by atoms with Crippen molar-refractivity contribution in [2.24, 2.45) is 0 Å². The first-order valence-corrected chi connectivity index (χ1v) is 5.38. The molecule has 2 aromatic rings. The second-order valence-electron chi connectivity index (χ2n) is 4.84. The molecule has 0 bridgehead atoms. The number of rotatable bonds is 1. The second kappa shape index (κ2) is 3.84. The molecule has 0 unspecified atom stereocenters. The molecule has 0 saturated carbocycles. The number of nitrogens with zero attached hydrogens (tertiary/aromatic N) is 3. The Kier molecular flexibility index (Phi) is 2.61. The molecule has 2 aromatic heterocycles. The van der Waals surface area contributed by atoms with Crippen molar-refractivity contribution >= 4 is 11.0 Å². The number of aromatic nitrogens is 3. The summed E-state index contributed by atoms with van der Waals surface area (Å²) in [4.78, 5) is 25.1. The largest absolute Gasteiger partial charge is 0.411 e. The Balaban J connectivity index is 2.94. The van der Waals surface area contributed by atoms with Gasteiger partial charge in [-0.2, -0.15) is 4.98 Å². The summed E-state index contributed by atoms with van der Waals surface area (Å²) >= 11 is 0. The number of hydrogen-bond acceptors (Lipinski definition) is 4. The highest BCUT2D eigenvalue weighted by Gasteiger charge is 2.22. The van der Waals surface area contributed by atoms with Crippen LogP contribution in [-0.2, 0) is 5.41 Å². The fraction of sp³-hybridized carbons (Fsp3) is 0.417. The van der Waals surface area contributed by atoms with Gasteiger partial charge in [0.1, 0.15) is 7.11 Å². The van der Waals surface area contributed by atoms with Gasteiger partial charge in [-0.05, 0) is 12.1 Å². The lowest BCUT2D eigenvalue weighted by molar-refractivity contribution is 0.163. The van der Waals surface area contributed by atoms with E-state index in [1.54, 1.807) is 6.20 Å². The first kappa shape index (κ1) is 11.6. The maximum absolute atomic E-state index is 11.8. The van der Waals surface area contributed by atoms with E-state index in [1.165, 1.54) is 7.11 Å². The normalized spacial score (nSPS) is 11.8. The van der Waals surface area contributed by atoms with Gasteiger partial charge in [0.25, 0.3) is 0 Å². The monoisotopic (exact) mass is 233 g/mol. The van der Waals surface area contributed by atoms with Crippen molar-refractivity contribution in [2.75, 3.05) is 7.11 Å². The molecule has 0 amide bonds. The molecule has 0 radical (unpaired) electrons. The van der Waals surface area contributed by atoms with E-state index in [0.717, 1.165) is 15.8 Å². The molecule has 0 fully saturated rings. The zero-order valence-electron chi connectivity index (χ0n) is 10.4.